The SMILES string of the molecule is CCCCCCCCCCCCCCCCCCCCC(=O)O[C@H](COC(=O)CCCCCCCCCCCCCC)COP(=O)(O)OC[C@H](O)COP(=O)(O)OC[C@@H](COC(=O)CCCCCCCCCCCCCCCCC(C)CC)OC(=O)CCCCCCCCCCCCCCCCCCCCC(C)CC. The number of carbonyl (C=O) groups excluding carboxylic acids is 4. The van der Waals surface area contributed by atoms with Crippen molar-refractivity contribution in [2.45, 2.75) is 509 Å². The van der Waals surface area contributed by atoms with Crippen molar-refractivity contribution in [3.8, 4) is 0 Å². The molecule has 7 atom stereocenters. The molecule has 110 heavy (non-hydrogen) atoms. The lowest BCUT2D eigenvalue weighted by Gasteiger charge is -2.21. The molecule has 0 radical (unpaired) electrons. The Hall–Kier alpha value is -1.94. The minimum absolute atomic E-state index is 0.109. The normalized spacial score (nSPS) is 14.2. The molecule has 0 aliphatic heterocycles. The maximum Gasteiger partial charge on any atom is 0.472 e. The zero-order valence-corrected chi connectivity index (χ0v) is 74.4. The highest BCUT2D eigenvalue weighted by molar-refractivity contribution is 7.47. The highest BCUT2D eigenvalue weighted by Gasteiger charge is 2.31. The monoisotopic (exact) mass is 1610 g/mol. The van der Waals surface area contributed by atoms with Crippen molar-refractivity contribution in [3.63, 3.8) is 0 Å². The average molecular weight is 1610 g/mol. The molecule has 0 aromatic carbocycles. The summed E-state index contributed by atoms with van der Waals surface area (Å²) >= 11 is 0. The van der Waals surface area contributed by atoms with Gasteiger partial charge in [-0.25, -0.2) is 9.13 Å². The summed E-state index contributed by atoms with van der Waals surface area (Å²) in [5.74, 6) is -0.373. The summed E-state index contributed by atoms with van der Waals surface area (Å²) in [5, 5.41) is 10.7. The molecule has 3 N–H and O–H groups in total. The van der Waals surface area contributed by atoms with E-state index >= 15 is 0 Å². The molecule has 0 aliphatic carbocycles. The van der Waals surface area contributed by atoms with Crippen molar-refractivity contribution >= 4 is 39.5 Å². The third-order valence-corrected chi connectivity index (χ3v) is 24.1. The van der Waals surface area contributed by atoms with Gasteiger partial charge in [0.1, 0.15) is 19.3 Å². The standard InChI is InChI=1S/C91H178O17P2/c1-7-11-13-15-17-19-21-23-24-25-29-32-39-45-51-57-63-69-75-90(95)107-86(79-101-88(93)73-67-61-55-49-43-22-20-18-16-14-12-8-2)81-105-109(97,98)103-77-85(92)78-104-110(99,100)106-82-87(80-102-89(94)74-68-62-56-50-44-38-35-34-37-42-48-54-60-66-72-84(6)10-4)108-91(96)76-70-64-58-52-46-40-33-30-27-26-28-31-36-41-47-53-59-65-71-83(5)9-3/h83-87,92H,7-82H2,1-6H3,(H,97,98)(H,99,100)/t83?,84?,85-,86+,87+/m0/s1. The molecule has 0 heterocycles. The summed E-state index contributed by atoms with van der Waals surface area (Å²) in [4.78, 5) is 73.4. The van der Waals surface area contributed by atoms with Gasteiger partial charge in [0.15, 0.2) is 12.2 Å². The van der Waals surface area contributed by atoms with E-state index in [9.17, 15) is 43.2 Å². The number of ether oxygens (including phenoxy) is 4. The van der Waals surface area contributed by atoms with Gasteiger partial charge < -0.3 is 33.8 Å². The summed E-state index contributed by atoms with van der Waals surface area (Å²) in [6.45, 7) is 9.83. The van der Waals surface area contributed by atoms with Crippen LogP contribution in [-0.2, 0) is 65.4 Å². The Morgan fingerprint density at radius 1 is 0.255 bits per heavy atom. The first kappa shape index (κ1) is 108. The van der Waals surface area contributed by atoms with Crippen molar-refractivity contribution in [1.82, 2.24) is 0 Å². The van der Waals surface area contributed by atoms with E-state index in [-0.39, 0.29) is 25.7 Å². The van der Waals surface area contributed by atoms with Gasteiger partial charge in [0.2, 0.25) is 0 Å². The van der Waals surface area contributed by atoms with Crippen molar-refractivity contribution in [1.29, 1.82) is 0 Å². The fraction of sp³-hybridized carbons (Fsp3) is 0.956. The number of rotatable bonds is 90. The van der Waals surface area contributed by atoms with Crippen LogP contribution >= 0.6 is 15.6 Å². The van der Waals surface area contributed by atoms with E-state index < -0.39 is 97.5 Å². The molecule has 0 saturated heterocycles. The molecule has 0 aromatic rings. The molecule has 0 aliphatic rings. The summed E-state index contributed by atoms with van der Waals surface area (Å²) < 4.78 is 69.1. The largest absolute Gasteiger partial charge is 0.472 e. The molecule has 0 rings (SSSR count). The van der Waals surface area contributed by atoms with Crippen LogP contribution in [0, 0.1) is 11.8 Å². The second-order valence-electron chi connectivity index (χ2n) is 33.2. The second-order valence-corrected chi connectivity index (χ2v) is 36.1. The second kappa shape index (κ2) is 82.2. The number of esters is 4. The van der Waals surface area contributed by atoms with Gasteiger partial charge in [0, 0.05) is 25.7 Å². The molecule has 0 aromatic heterocycles. The molecule has 0 saturated carbocycles. The van der Waals surface area contributed by atoms with Gasteiger partial charge in [-0.05, 0) is 37.5 Å². The number of aliphatic hydroxyl groups excluding tert-OH is 1. The molecule has 17 nitrogen and oxygen atoms in total. The van der Waals surface area contributed by atoms with Gasteiger partial charge in [0.05, 0.1) is 26.4 Å². The quantitative estimate of drug-likeness (QED) is 0.0222. The van der Waals surface area contributed by atoms with Crippen LogP contribution in [0.5, 0.6) is 0 Å². The lowest BCUT2D eigenvalue weighted by molar-refractivity contribution is -0.161. The highest BCUT2D eigenvalue weighted by atomic mass is 31.2. The average Bonchev–Trinajstić information content (AvgIpc) is 0.898. The van der Waals surface area contributed by atoms with Crippen LogP contribution in [0.1, 0.15) is 491 Å². The third kappa shape index (κ3) is 81.2. The van der Waals surface area contributed by atoms with E-state index in [2.05, 4.69) is 41.5 Å². The number of unbranched alkanes of at least 4 members (excludes halogenated alkanes) is 58. The van der Waals surface area contributed by atoms with E-state index in [4.69, 9.17) is 37.0 Å². The molecular formula is C91H178O17P2. The maximum atomic E-state index is 13.2. The van der Waals surface area contributed by atoms with Crippen molar-refractivity contribution < 1.29 is 80.2 Å². The Labute approximate surface area is 677 Å². The number of phosphoric acid groups is 2. The van der Waals surface area contributed by atoms with Crippen LogP contribution in [0.25, 0.3) is 0 Å². The van der Waals surface area contributed by atoms with E-state index in [1.165, 1.54) is 308 Å². The lowest BCUT2D eigenvalue weighted by Crippen LogP contribution is -2.30. The summed E-state index contributed by atoms with van der Waals surface area (Å²) in [6.07, 6.45) is 76.2. The van der Waals surface area contributed by atoms with E-state index in [1.807, 2.05) is 0 Å². The predicted octanol–water partition coefficient (Wildman–Crippen LogP) is 28.2. The Balaban J connectivity index is 5.25. The third-order valence-electron chi connectivity index (χ3n) is 22.2. The highest BCUT2D eigenvalue weighted by Crippen LogP contribution is 2.45. The van der Waals surface area contributed by atoms with E-state index in [0.29, 0.717) is 25.7 Å². The Morgan fingerprint density at radius 3 is 0.645 bits per heavy atom. The van der Waals surface area contributed by atoms with Crippen molar-refractivity contribution in [2.75, 3.05) is 39.6 Å². The van der Waals surface area contributed by atoms with Gasteiger partial charge in [-0.15, -0.1) is 0 Å². The number of phosphoric ester groups is 2. The van der Waals surface area contributed by atoms with Crippen LogP contribution in [0.15, 0.2) is 0 Å². The van der Waals surface area contributed by atoms with Gasteiger partial charge >= 0.3 is 39.5 Å². The smallest absolute Gasteiger partial charge is 0.462 e. The number of hydrogen-bond donors (Lipinski definition) is 3. The van der Waals surface area contributed by atoms with Crippen LogP contribution < -0.4 is 0 Å². The molecular weight excluding hydrogens is 1430 g/mol. The van der Waals surface area contributed by atoms with Gasteiger partial charge in [-0.2, -0.15) is 0 Å². The molecule has 0 spiro atoms. The molecule has 4 unspecified atom stereocenters. The van der Waals surface area contributed by atoms with Crippen LogP contribution in [0.3, 0.4) is 0 Å². The fourth-order valence-electron chi connectivity index (χ4n) is 14.2. The number of aliphatic hydroxyl groups is 1. The zero-order chi connectivity index (χ0) is 80.6. The van der Waals surface area contributed by atoms with Crippen LogP contribution in [0.2, 0.25) is 0 Å². The Kier molecular flexibility index (Phi) is 80.7. The Morgan fingerprint density at radius 2 is 0.436 bits per heavy atom. The van der Waals surface area contributed by atoms with Crippen LogP contribution in [-0.4, -0.2) is 96.7 Å². The Bertz CT molecular complexity index is 2100. The molecule has 0 amide bonds. The lowest BCUT2D eigenvalue weighted by atomic mass is 9.99. The van der Waals surface area contributed by atoms with Crippen molar-refractivity contribution in [3.05, 3.63) is 0 Å². The summed E-state index contributed by atoms with van der Waals surface area (Å²) in [5.41, 5.74) is 0. The van der Waals surface area contributed by atoms with Crippen LogP contribution in [0.4, 0.5) is 0 Å². The van der Waals surface area contributed by atoms with Gasteiger partial charge in [-0.3, -0.25) is 37.3 Å². The maximum absolute atomic E-state index is 13.2. The topological polar surface area (TPSA) is 237 Å². The minimum Gasteiger partial charge on any atom is -0.462 e. The predicted molar refractivity (Wildman–Crippen MR) is 455 cm³/mol. The molecule has 0 bridgehead atoms. The summed E-state index contributed by atoms with van der Waals surface area (Å²) in [7, 11) is -9.94. The van der Waals surface area contributed by atoms with Crippen molar-refractivity contribution in [2.24, 2.45) is 11.8 Å². The molecule has 0 fully saturated rings. The number of carbonyl (C=O) groups is 4. The first-order valence-corrected chi connectivity index (χ1v) is 50.1. The number of hydrogen-bond acceptors (Lipinski definition) is 15. The van der Waals surface area contributed by atoms with Gasteiger partial charge in [0.25, 0.3) is 0 Å². The van der Waals surface area contributed by atoms with E-state index in [0.717, 1.165) is 102 Å². The van der Waals surface area contributed by atoms with E-state index in [1.54, 1.807) is 0 Å². The minimum atomic E-state index is -4.97. The molecule has 654 valence electrons. The fourth-order valence-corrected chi connectivity index (χ4v) is 15.8. The first-order chi connectivity index (χ1) is 53.4. The zero-order valence-electron chi connectivity index (χ0n) is 72.6. The van der Waals surface area contributed by atoms with Gasteiger partial charge in [-0.1, -0.05) is 440 Å². The molecule has 19 heteroatoms. The summed E-state index contributed by atoms with van der Waals surface area (Å²) in [6, 6.07) is 0. The first-order valence-electron chi connectivity index (χ1n) is 47.1.